The highest BCUT2D eigenvalue weighted by molar-refractivity contribution is 7.89. The Morgan fingerprint density at radius 2 is 2.05 bits per heavy atom. The van der Waals surface area contributed by atoms with Gasteiger partial charge in [0.05, 0.1) is 6.20 Å². The molecule has 2 rings (SSSR count). The van der Waals surface area contributed by atoms with Crippen molar-refractivity contribution in [1.29, 1.82) is 0 Å². The first kappa shape index (κ1) is 16.2. The fraction of sp³-hybridized carbons (Fsp3) is 0.286. The van der Waals surface area contributed by atoms with Gasteiger partial charge in [0, 0.05) is 12.7 Å². The van der Waals surface area contributed by atoms with Gasteiger partial charge in [0.25, 0.3) is 0 Å². The molecule has 7 nitrogen and oxygen atoms in total. The molecule has 2 aromatic rings. The lowest BCUT2D eigenvalue weighted by atomic mass is 10.1. The van der Waals surface area contributed by atoms with Crippen molar-refractivity contribution in [1.82, 2.24) is 14.5 Å². The van der Waals surface area contributed by atoms with Crippen LogP contribution < -0.4 is 4.72 Å². The maximum atomic E-state index is 12.2. The molecular formula is C14H17N3O4S. The summed E-state index contributed by atoms with van der Waals surface area (Å²) in [6.45, 7) is 2.36. The van der Waals surface area contributed by atoms with E-state index in [0.29, 0.717) is 6.54 Å². The van der Waals surface area contributed by atoms with Gasteiger partial charge in [-0.15, -0.1) is 0 Å². The van der Waals surface area contributed by atoms with Crippen molar-refractivity contribution < 1.29 is 18.3 Å². The zero-order chi connectivity index (χ0) is 16.2. The van der Waals surface area contributed by atoms with E-state index in [9.17, 15) is 18.3 Å². The molecule has 118 valence electrons. The lowest BCUT2D eigenvalue weighted by Crippen LogP contribution is -2.42. The van der Waals surface area contributed by atoms with Crippen molar-refractivity contribution in [2.75, 3.05) is 0 Å². The largest absolute Gasteiger partial charge is 0.480 e. The first-order valence-corrected chi connectivity index (χ1v) is 8.22. The first-order valence-electron chi connectivity index (χ1n) is 6.74. The highest BCUT2D eigenvalue weighted by Crippen LogP contribution is 2.10. The van der Waals surface area contributed by atoms with Gasteiger partial charge in [-0.05, 0) is 18.9 Å². The van der Waals surface area contributed by atoms with Crippen LogP contribution in [0.4, 0.5) is 0 Å². The number of sulfonamides is 1. The van der Waals surface area contributed by atoms with E-state index < -0.39 is 22.0 Å². The summed E-state index contributed by atoms with van der Waals surface area (Å²) in [4.78, 5) is 11.3. The Balaban J connectivity index is 2.18. The van der Waals surface area contributed by atoms with Crippen LogP contribution in [0.5, 0.6) is 0 Å². The molecule has 0 radical (unpaired) electrons. The molecule has 22 heavy (non-hydrogen) atoms. The third-order valence-electron chi connectivity index (χ3n) is 3.12. The number of nitrogens with one attached hydrogen (secondary N) is 1. The normalized spacial score (nSPS) is 13.0. The number of rotatable bonds is 7. The molecule has 0 fully saturated rings. The van der Waals surface area contributed by atoms with E-state index in [1.54, 1.807) is 24.3 Å². The number of carboxylic acid groups (broad SMARTS) is 1. The summed E-state index contributed by atoms with van der Waals surface area (Å²) < 4.78 is 28.2. The summed E-state index contributed by atoms with van der Waals surface area (Å²) >= 11 is 0. The molecule has 0 aliphatic heterocycles. The fourth-order valence-electron chi connectivity index (χ4n) is 1.94. The maximum Gasteiger partial charge on any atom is 0.322 e. The van der Waals surface area contributed by atoms with Crippen molar-refractivity contribution >= 4 is 16.0 Å². The van der Waals surface area contributed by atoms with Crippen molar-refractivity contribution in [2.24, 2.45) is 0 Å². The highest BCUT2D eigenvalue weighted by atomic mass is 32.2. The van der Waals surface area contributed by atoms with Crippen LogP contribution in [-0.4, -0.2) is 35.3 Å². The van der Waals surface area contributed by atoms with Gasteiger partial charge in [-0.3, -0.25) is 9.48 Å². The molecule has 1 aromatic carbocycles. The molecule has 0 spiro atoms. The van der Waals surface area contributed by atoms with E-state index in [1.807, 2.05) is 13.0 Å². The molecular weight excluding hydrogens is 306 g/mol. The second kappa shape index (κ2) is 6.71. The zero-order valence-corrected chi connectivity index (χ0v) is 12.8. The zero-order valence-electron chi connectivity index (χ0n) is 12.0. The summed E-state index contributed by atoms with van der Waals surface area (Å²) in [7, 11) is -3.93. The van der Waals surface area contributed by atoms with Crippen LogP contribution in [0.2, 0.25) is 0 Å². The number of hydrogen-bond acceptors (Lipinski definition) is 4. The highest BCUT2D eigenvalue weighted by Gasteiger charge is 2.26. The lowest BCUT2D eigenvalue weighted by Gasteiger charge is -2.14. The van der Waals surface area contributed by atoms with Gasteiger partial charge in [-0.2, -0.15) is 9.82 Å². The Labute approximate surface area is 128 Å². The molecule has 1 atom stereocenters. The summed E-state index contributed by atoms with van der Waals surface area (Å²) in [5.41, 5.74) is 0.738. The molecule has 0 amide bonds. The second-order valence-corrected chi connectivity index (χ2v) is 6.45. The number of nitrogens with zero attached hydrogens (tertiary/aromatic N) is 2. The Hall–Kier alpha value is -2.19. The number of aliphatic carboxylic acids is 1. The standard InChI is InChI=1S/C14H17N3O4S/c1-2-17-10-12(9-15-17)22(20,21)16-13(14(18)19)8-11-6-4-3-5-7-11/h3-7,9-10,13,16H,2,8H2,1H3,(H,18,19)/t13-/m0/s1. The third kappa shape index (κ3) is 3.92. The maximum absolute atomic E-state index is 12.2. The molecule has 0 saturated heterocycles. The Kier molecular flexibility index (Phi) is 4.94. The predicted molar refractivity (Wildman–Crippen MR) is 79.8 cm³/mol. The lowest BCUT2D eigenvalue weighted by molar-refractivity contribution is -0.138. The monoisotopic (exact) mass is 323 g/mol. The van der Waals surface area contributed by atoms with Crippen molar-refractivity contribution in [3.63, 3.8) is 0 Å². The van der Waals surface area contributed by atoms with Crippen LogP contribution >= 0.6 is 0 Å². The number of hydrogen-bond donors (Lipinski definition) is 2. The summed E-state index contributed by atoms with van der Waals surface area (Å²) in [5, 5.41) is 13.1. The van der Waals surface area contributed by atoms with Crippen LogP contribution in [0.25, 0.3) is 0 Å². The van der Waals surface area contributed by atoms with E-state index in [1.165, 1.54) is 17.1 Å². The van der Waals surface area contributed by atoms with Gasteiger partial charge in [-0.1, -0.05) is 30.3 Å². The van der Waals surface area contributed by atoms with Crippen LogP contribution in [-0.2, 0) is 27.8 Å². The van der Waals surface area contributed by atoms with Crippen LogP contribution in [0.3, 0.4) is 0 Å². The van der Waals surface area contributed by atoms with Gasteiger partial charge < -0.3 is 5.11 Å². The Morgan fingerprint density at radius 3 is 2.59 bits per heavy atom. The van der Waals surface area contributed by atoms with Crippen molar-refractivity contribution in [3.05, 3.63) is 48.3 Å². The van der Waals surface area contributed by atoms with E-state index in [-0.39, 0.29) is 11.3 Å². The Morgan fingerprint density at radius 1 is 1.36 bits per heavy atom. The minimum atomic E-state index is -3.93. The number of carbonyl (C=O) groups is 1. The molecule has 0 aliphatic carbocycles. The molecule has 0 aliphatic rings. The third-order valence-corrected chi connectivity index (χ3v) is 4.55. The number of aryl methyl sites for hydroxylation is 1. The predicted octanol–water partition coefficient (Wildman–Crippen LogP) is 0.877. The molecule has 2 N–H and O–H groups in total. The second-order valence-electron chi connectivity index (χ2n) is 4.73. The topological polar surface area (TPSA) is 101 Å². The summed E-state index contributed by atoms with van der Waals surface area (Å²) in [6.07, 6.45) is 2.63. The van der Waals surface area contributed by atoms with E-state index in [0.717, 1.165) is 5.56 Å². The molecule has 8 heteroatoms. The van der Waals surface area contributed by atoms with Gasteiger partial charge in [0.1, 0.15) is 10.9 Å². The molecule has 1 aromatic heterocycles. The molecule has 0 saturated carbocycles. The molecule has 0 bridgehead atoms. The van der Waals surface area contributed by atoms with Crippen LogP contribution in [0.1, 0.15) is 12.5 Å². The van der Waals surface area contributed by atoms with Gasteiger partial charge in [0.2, 0.25) is 10.0 Å². The molecule has 1 heterocycles. The van der Waals surface area contributed by atoms with Crippen LogP contribution in [0.15, 0.2) is 47.6 Å². The summed E-state index contributed by atoms with van der Waals surface area (Å²) in [5.74, 6) is -1.23. The van der Waals surface area contributed by atoms with Gasteiger partial charge in [-0.25, -0.2) is 8.42 Å². The summed E-state index contributed by atoms with van der Waals surface area (Å²) in [6, 6.07) is 7.61. The average Bonchev–Trinajstić information content (AvgIpc) is 2.97. The van der Waals surface area contributed by atoms with E-state index in [2.05, 4.69) is 9.82 Å². The average molecular weight is 323 g/mol. The minimum absolute atomic E-state index is 0.0475. The number of aromatic nitrogens is 2. The first-order chi connectivity index (χ1) is 10.4. The van der Waals surface area contributed by atoms with Crippen molar-refractivity contribution in [3.8, 4) is 0 Å². The SMILES string of the molecule is CCn1cc(S(=O)(=O)N[C@@H](Cc2ccccc2)C(=O)O)cn1. The van der Waals surface area contributed by atoms with E-state index >= 15 is 0 Å². The van der Waals surface area contributed by atoms with Crippen LogP contribution in [0, 0.1) is 0 Å². The quantitative estimate of drug-likeness (QED) is 0.787. The molecule has 0 unspecified atom stereocenters. The Bertz CT molecular complexity index is 740. The van der Waals surface area contributed by atoms with Gasteiger partial charge in [0.15, 0.2) is 0 Å². The van der Waals surface area contributed by atoms with Crippen molar-refractivity contribution in [2.45, 2.75) is 30.8 Å². The van der Waals surface area contributed by atoms with Gasteiger partial charge >= 0.3 is 5.97 Å². The minimum Gasteiger partial charge on any atom is -0.480 e. The number of carboxylic acids is 1. The fourth-order valence-corrected chi connectivity index (χ4v) is 3.08. The number of benzene rings is 1. The van der Waals surface area contributed by atoms with E-state index in [4.69, 9.17) is 0 Å². The smallest absolute Gasteiger partial charge is 0.322 e.